The van der Waals surface area contributed by atoms with Crippen LogP contribution in [0, 0.1) is 0 Å². The smallest absolute Gasteiger partial charge is 0.237 e. The second-order valence-corrected chi connectivity index (χ2v) is 4.06. The number of rotatable bonds is 3. The number of hydrogen-bond acceptors (Lipinski definition) is 4. The SMILES string of the molecule is O=C(C(=O)c1cccc2c1OCO2)c1ccccc1. The summed E-state index contributed by atoms with van der Waals surface area (Å²) in [5.41, 5.74) is 0.605. The Bertz CT molecular complexity index is 646. The molecule has 94 valence electrons. The van der Waals surface area contributed by atoms with E-state index >= 15 is 0 Å². The summed E-state index contributed by atoms with van der Waals surface area (Å²) >= 11 is 0. The molecule has 0 bridgehead atoms. The monoisotopic (exact) mass is 254 g/mol. The second kappa shape index (κ2) is 4.57. The largest absolute Gasteiger partial charge is 0.454 e. The molecule has 0 atom stereocenters. The van der Waals surface area contributed by atoms with Crippen LogP contribution in [0.1, 0.15) is 20.7 Å². The highest BCUT2D eigenvalue weighted by atomic mass is 16.7. The van der Waals surface area contributed by atoms with E-state index in [-0.39, 0.29) is 12.4 Å². The van der Waals surface area contributed by atoms with Crippen LogP contribution >= 0.6 is 0 Å². The molecule has 4 heteroatoms. The summed E-state index contributed by atoms with van der Waals surface area (Å²) in [6.07, 6.45) is 0. The van der Waals surface area contributed by atoms with Crippen molar-refractivity contribution in [3.8, 4) is 11.5 Å². The van der Waals surface area contributed by atoms with Crippen molar-refractivity contribution in [2.24, 2.45) is 0 Å². The van der Waals surface area contributed by atoms with Crippen LogP contribution in [0.5, 0.6) is 11.5 Å². The fourth-order valence-corrected chi connectivity index (χ4v) is 1.95. The summed E-state index contributed by atoms with van der Waals surface area (Å²) in [5, 5.41) is 0. The van der Waals surface area contributed by atoms with Gasteiger partial charge in [-0.15, -0.1) is 0 Å². The molecule has 1 aliphatic rings. The van der Waals surface area contributed by atoms with Crippen molar-refractivity contribution in [1.82, 2.24) is 0 Å². The summed E-state index contributed by atoms with van der Waals surface area (Å²) in [6.45, 7) is 0.0686. The second-order valence-electron chi connectivity index (χ2n) is 4.06. The van der Waals surface area contributed by atoms with Crippen molar-refractivity contribution in [2.45, 2.75) is 0 Å². The lowest BCUT2D eigenvalue weighted by Gasteiger charge is -2.04. The van der Waals surface area contributed by atoms with Crippen LogP contribution < -0.4 is 9.47 Å². The topological polar surface area (TPSA) is 52.6 Å². The lowest BCUT2D eigenvalue weighted by molar-refractivity contribution is 0.0814. The number of ether oxygens (including phenoxy) is 2. The van der Waals surface area contributed by atoms with Crippen molar-refractivity contribution in [2.75, 3.05) is 6.79 Å². The predicted molar refractivity (Wildman–Crippen MR) is 67.7 cm³/mol. The molecule has 3 rings (SSSR count). The number of para-hydroxylation sites is 1. The van der Waals surface area contributed by atoms with Gasteiger partial charge in [0.1, 0.15) is 0 Å². The van der Waals surface area contributed by atoms with Crippen LogP contribution in [0.3, 0.4) is 0 Å². The average Bonchev–Trinajstić information content (AvgIpc) is 2.95. The van der Waals surface area contributed by atoms with Crippen molar-refractivity contribution >= 4 is 11.6 Å². The van der Waals surface area contributed by atoms with Crippen LogP contribution in [0.15, 0.2) is 48.5 Å². The molecule has 0 saturated heterocycles. The maximum atomic E-state index is 12.2. The number of hydrogen-bond donors (Lipinski definition) is 0. The van der Waals surface area contributed by atoms with Gasteiger partial charge in [0.15, 0.2) is 11.5 Å². The molecule has 0 spiro atoms. The van der Waals surface area contributed by atoms with Gasteiger partial charge >= 0.3 is 0 Å². The maximum Gasteiger partial charge on any atom is 0.237 e. The van der Waals surface area contributed by atoms with Gasteiger partial charge in [-0.25, -0.2) is 0 Å². The minimum atomic E-state index is -0.589. The van der Waals surface area contributed by atoms with Crippen molar-refractivity contribution in [3.05, 3.63) is 59.7 Å². The number of fused-ring (bicyclic) bond motifs is 1. The number of carbonyl (C=O) groups excluding carboxylic acids is 2. The van der Waals surface area contributed by atoms with E-state index in [1.54, 1.807) is 48.5 Å². The normalized spacial score (nSPS) is 12.2. The van der Waals surface area contributed by atoms with E-state index in [4.69, 9.17) is 9.47 Å². The number of carbonyl (C=O) groups is 2. The highest BCUT2D eigenvalue weighted by Gasteiger charge is 2.26. The highest BCUT2D eigenvalue weighted by Crippen LogP contribution is 2.35. The third-order valence-corrected chi connectivity index (χ3v) is 2.88. The van der Waals surface area contributed by atoms with Crippen LogP contribution in [0.4, 0.5) is 0 Å². The summed E-state index contributed by atoms with van der Waals surface area (Å²) in [5.74, 6) is -0.304. The molecule has 4 nitrogen and oxygen atoms in total. The number of benzene rings is 2. The van der Waals surface area contributed by atoms with Gasteiger partial charge < -0.3 is 9.47 Å². The molecule has 19 heavy (non-hydrogen) atoms. The van der Waals surface area contributed by atoms with Gasteiger partial charge in [-0.1, -0.05) is 36.4 Å². The molecule has 1 aliphatic heterocycles. The Morgan fingerprint density at radius 3 is 2.42 bits per heavy atom. The zero-order chi connectivity index (χ0) is 13.2. The molecule has 1 heterocycles. The standard InChI is InChI=1S/C15H10O4/c16-13(10-5-2-1-3-6-10)14(17)11-7-4-8-12-15(11)19-9-18-12/h1-8H,9H2. The van der Waals surface area contributed by atoms with E-state index in [0.29, 0.717) is 17.1 Å². The summed E-state index contributed by atoms with van der Waals surface area (Å²) in [7, 11) is 0. The first-order chi connectivity index (χ1) is 9.27. The van der Waals surface area contributed by atoms with Gasteiger partial charge in [-0.05, 0) is 12.1 Å². The molecule has 0 amide bonds. The molecule has 2 aromatic rings. The summed E-state index contributed by atoms with van der Waals surface area (Å²) in [6, 6.07) is 13.4. The van der Waals surface area contributed by atoms with Crippen LogP contribution in [0.2, 0.25) is 0 Å². The Balaban J connectivity index is 1.98. The lowest BCUT2D eigenvalue weighted by Crippen LogP contribution is -2.15. The van der Waals surface area contributed by atoms with Crippen LogP contribution in [-0.4, -0.2) is 18.4 Å². The molecular formula is C15H10O4. The zero-order valence-electron chi connectivity index (χ0n) is 9.96. The first-order valence-electron chi connectivity index (χ1n) is 5.80. The predicted octanol–water partition coefficient (Wildman–Crippen LogP) is 2.48. The fourth-order valence-electron chi connectivity index (χ4n) is 1.95. The Kier molecular flexibility index (Phi) is 2.76. The van der Waals surface area contributed by atoms with Crippen LogP contribution in [-0.2, 0) is 0 Å². The quantitative estimate of drug-likeness (QED) is 0.623. The van der Waals surface area contributed by atoms with E-state index in [9.17, 15) is 9.59 Å². The zero-order valence-corrected chi connectivity index (χ0v) is 9.96. The summed E-state index contributed by atoms with van der Waals surface area (Å²) in [4.78, 5) is 24.3. The van der Waals surface area contributed by atoms with Gasteiger partial charge in [0.2, 0.25) is 18.4 Å². The molecule has 2 aromatic carbocycles. The Labute approximate surface area is 109 Å². The van der Waals surface area contributed by atoms with E-state index in [0.717, 1.165) is 0 Å². The Hall–Kier alpha value is -2.62. The molecule has 0 unspecified atom stereocenters. The van der Waals surface area contributed by atoms with Gasteiger partial charge in [0, 0.05) is 5.56 Å². The average molecular weight is 254 g/mol. The number of ketones is 2. The van der Waals surface area contributed by atoms with E-state index < -0.39 is 11.6 Å². The van der Waals surface area contributed by atoms with Crippen molar-refractivity contribution < 1.29 is 19.1 Å². The number of Topliss-reactive ketones (excluding diaryl/α,β-unsaturated/α-hetero) is 2. The molecule has 0 fully saturated rings. The molecule has 0 aromatic heterocycles. The highest BCUT2D eigenvalue weighted by molar-refractivity contribution is 6.49. The summed E-state index contributed by atoms with van der Waals surface area (Å²) < 4.78 is 10.4. The van der Waals surface area contributed by atoms with Crippen LogP contribution in [0.25, 0.3) is 0 Å². The van der Waals surface area contributed by atoms with Gasteiger partial charge in [-0.2, -0.15) is 0 Å². The lowest BCUT2D eigenvalue weighted by atomic mass is 10.0. The molecule has 0 radical (unpaired) electrons. The molecular weight excluding hydrogens is 244 g/mol. The third kappa shape index (κ3) is 1.97. The Morgan fingerprint density at radius 1 is 0.842 bits per heavy atom. The van der Waals surface area contributed by atoms with Crippen molar-refractivity contribution in [1.29, 1.82) is 0 Å². The minimum Gasteiger partial charge on any atom is -0.454 e. The first-order valence-corrected chi connectivity index (χ1v) is 5.80. The van der Waals surface area contributed by atoms with Crippen molar-refractivity contribution in [3.63, 3.8) is 0 Å². The van der Waals surface area contributed by atoms with Gasteiger partial charge in [-0.3, -0.25) is 9.59 Å². The fraction of sp³-hybridized carbons (Fsp3) is 0.0667. The van der Waals surface area contributed by atoms with Gasteiger partial charge in [0.25, 0.3) is 0 Å². The van der Waals surface area contributed by atoms with E-state index in [2.05, 4.69) is 0 Å². The third-order valence-electron chi connectivity index (χ3n) is 2.88. The Morgan fingerprint density at radius 2 is 1.63 bits per heavy atom. The maximum absolute atomic E-state index is 12.2. The van der Waals surface area contributed by atoms with E-state index in [1.165, 1.54) is 0 Å². The molecule has 0 aliphatic carbocycles. The van der Waals surface area contributed by atoms with E-state index in [1.807, 2.05) is 0 Å². The van der Waals surface area contributed by atoms with Gasteiger partial charge in [0.05, 0.1) is 5.56 Å². The minimum absolute atomic E-state index is 0.0686. The molecule has 0 saturated carbocycles. The first kappa shape index (κ1) is 11.5. The molecule has 0 N–H and O–H groups in total.